The number of phenols is 1. The van der Waals surface area contributed by atoms with E-state index >= 15 is 0 Å². The highest BCUT2D eigenvalue weighted by Gasteiger charge is 2.28. The van der Waals surface area contributed by atoms with E-state index in [9.17, 15) is 9.90 Å². The Hall–Kier alpha value is -3.61. The van der Waals surface area contributed by atoms with Gasteiger partial charge in [-0.2, -0.15) is 0 Å². The van der Waals surface area contributed by atoms with E-state index in [4.69, 9.17) is 4.98 Å². The lowest BCUT2D eigenvalue weighted by Crippen LogP contribution is -2.41. The van der Waals surface area contributed by atoms with Crippen LogP contribution in [0.4, 0.5) is 5.82 Å². The maximum absolute atomic E-state index is 13.0. The normalized spacial score (nSPS) is 15.8. The molecule has 0 bridgehead atoms. The third-order valence-electron chi connectivity index (χ3n) is 6.62. The molecular formula is C26H29N5O2. The van der Waals surface area contributed by atoms with Crippen LogP contribution in [0.25, 0.3) is 21.9 Å². The predicted molar refractivity (Wildman–Crippen MR) is 130 cm³/mol. The summed E-state index contributed by atoms with van der Waals surface area (Å²) >= 11 is 0. The fourth-order valence-corrected chi connectivity index (χ4v) is 4.82. The van der Waals surface area contributed by atoms with Crippen molar-refractivity contribution < 1.29 is 9.90 Å². The summed E-state index contributed by atoms with van der Waals surface area (Å²) in [5.41, 5.74) is 2.67. The molecule has 33 heavy (non-hydrogen) atoms. The standard InChI is InChI=1S/C26H29N5O2/c1-3-31-21-9-5-4-8-20(21)28-25(31)17(2)27-26(33)19-13-15-30(16-14-19)23-12-11-18-7-6-10-22(32)24(18)29-23/h4-12,17,19,32H,3,13-16H2,1-2H3,(H,27,33). The van der Waals surface area contributed by atoms with Crippen molar-refractivity contribution in [3.8, 4) is 5.75 Å². The number of rotatable bonds is 5. The van der Waals surface area contributed by atoms with Gasteiger partial charge in [-0.3, -0.25) is 4.79 Å². The fourth-order valence-electron chi connectivity index (χ4n) is 4.82. The highest BCUT2D eigenvalue weighted by molar-refractivity contribution is 5.85. The van der Waals surface area contributed by atoms with E-state index in [2.05, 4.69) is 32.8 Å². The summed E-state index contributed by atoms with van der Waals surface area (Å²) in [5.74, 6) is 1.98. The van der Waals surface area contributed by atoms with Crippen LogP contribution in [0.5, 0.6) is 5.75 Å². The van der Waals surface area contributed by atoms with Gasteiger partial charge in [0.05, 0.1) is 17.1 Å². The highest BCUT2D eigenvalue weighted by atomic mass is 16.3. The molecule has 0 aliphatic carbocycles. The molecule has 2 aromatic carbocycles. The van der Waals surface area contributed by atoms with Crippen molar-refractivity contribution in [2.75, 3.05) is 18.0 Å². The summed E-state index contributed by atoms with van der Waals surface area (Å²) in [5, 5.41) is 14.2. The number of carbonyl (C=O) groups excluding carboxylic acids is 1. The van der Waals surface area contributed by atoms with E-state index in [0.29, 0.717) is 5.52 Å². The molecule has 2 N–H and O–H groups in total. The molecule has 5 rings (SSSR count). The number of carbonyl (C=O) groups is 1. The molecule has 7 heteroatoms. The van der Waals surface area contributed by atoms with E-state index in [-0.39, 0.29) is 23.6 Å². The van der Waals surface area contributed by atoms with Crippen LogP contribution in [0.3, 0.4) is 0 Å². The predicted octanol–water partition coefficient (Wildman–Crippen LogP) is 4.40. The third kappa shape index (κ3) is 3.99. The van der Waals surface area contributed by atoms with Crippen molar-refractivity contribution in [1.82, 2.24) is 19.9 Å². The first-order valence-electron chi connectivity index (χ1n) is 11.6. The average molecular weight is 444 g/mol. The van der Waals surface area contributed by atoms with Crippen molar-refractivity contribution in [3.05, 3.63) is 60.4 Å². The van der Waals surface area contributed by atoms with E-state index in [0.717, 1.165) is 60.5 Å². The molecular weight excluding hydrogens is 414 g/mol. The summed E-state index contributed by atoms with van der Waals surface area (Å²) in [7, 11) is 0. The molecule has 1 aliphatic heterocycles. The molecule has 4 aromatic rings. The zero-order valence-corrected chi connectivity index (χ0v) is 19.0. The molecule has 1 saturated heterocycles. The van der Waals surface area contributed by atoms with Crippen molar-refractivity contribution in [2.45, 2.75) is 39.3 Å². The molecule has 3 heterocycles. The molecule has 1 amide bonds. The van der Waals surface area contributed by atoms with Crippen LogP contribution in [-0.4, -0.2) is 38.6 Å². The van der Waals surface area contributed by atoms with Crippen LogP contribution in [0.1, 0.15) is 38.6 Å². The molecule has 0 radical (unpaired) electrons. The number of piperidine rings is 1. The van der Waals surface area contributed by atoms with Crippen molar-refractivity contribution in [2.24, 2.45) is 5.92 Å². The fraction of sp³-hybridized carbons (Fsp3) is 0.346. The Kier molecular flexibility index (Phi) is 5.62. The molecule has 7 nitrogen and oxygen atoms in total. The number of anilines is 1. The number of imidazole rings is 1. The van der Waals surface area contributed by atoms with Gasteiger partial charge in [0.2, 0.25) is 5.91 Å². The zero-order valence-electron chi connectivity index (χ0n) is 19.0. The van der Waals surface area contributed by atoms with E-state index in [1.165, 1.54) is 0 Å². The second kappa shape index (κ2) is 8.73. The van der Waals surface area contributed by atoms with Crippen LogP contribution in [0, 0.1) is 5.92 Å². The lowest BCUT2D eigenvalue weighted by molar-refractivity contribution is -0.126. The summed E-state index contributed by atoms with van der Waals surface area (Å²) in [6.45, 7) is 6.43. The van der Waals surface area contributed by atoms with Crippen molar-refractivity contribution >= 4 is 33.7 Å². The number of para-hydroxylation sites is 3. The summed E-state index contributed by atoms with van der Waals surface area (Å²) in [6.07, 6.45) is 1.53. The first kappa shape index (κ1) is 21.2. The van der Waals surface area contributed by atoms with Crippen LogP contribution >= 0.6 is 0 Å². The van der Waals surface area contributed by atoms with Crippen molar-refractivity contribution in [1.29, 1.82) is 0 Å². The topological polar surface area (TPSA) is 83.3 Å². The number of aromatic hydroxyl groups is 1. The molecule has 1 atom stereocenters. The molecule has 2 aromatic heterocycles. The van der Waals surface area contributed by atoms with Gasteiger partial charge in [0.15, 0.2) is 0 Å². The van der Waals surface area contributed by atoms with Gasteiger partial charge in [0, 0.05) is 30.9 Å². The average Bonchev–Trinajstić information content (AvgIpc) is 3.23. The van der Waals surface area contributed by atoms with Gasteiger partial charge in [-0.05, 0) is 57.0 Å². The van der Waals surface area contributed by atoms with Crippen LogP contribution < -0.4 is 10.2 Å². The van der Waals surface area contributed by atoms with E-state index < -0.39 is 0 Å². The Labute approximate surface area is 193 Å². The van der Waals surface area contributed by atoms with Gasteiger partial charge < -0.3 is 19.9 Å². The number of aryl methyl sites for hydroxylation is 1. The number of benzene rings is 2. The largest absolute Gasteiger partial charge is 0.506 e. The number of hydrogen-bond donors (Lipinski definition) is 2. The smallest absolute Gasteiger partial charge is 0.223 e. The maximum Gasteiger partial charge on any atom is 0.223 e. The Morgan fingerprint density at radius 1 is 1.09 bits per heavy atom. The Morgan fingerprint density at radius 2 is 1.88 bits per heavy atom. The molecule has 170 valence electrons. The lowest BCUT2D eigenvalue weighted by Gasteiger charge is -2.32. The number of hydrogen-bond acceptors (Lipinski definition) is 5. The number of pyridine rings is 1. The minimum absolute atomic E-state index is 0.0305. The van der Waals surface area contributed by atoms with E-state index in [1.54, 1.807) is 6.07 Å². The first-order chi connectivity index (χ1) is 16.0. The van der Waals surface area contributed by atoms with Crippen molar-refractivity contribution in [3.63, 3.8) is 0 Å². The number of nitrogens with one attached hydrogen (secondary N) is 1. The lowest BCUT2D eigenvalue weighted by atomic mass is 9.95. The minimum Gasteiger partial charge on any atom is -0.506 e. The summed E-state index contributed by atoms with van der Waals surface area (Å²) in [6, 6.07) is 17.3. The first-order valence-corrected chi connectivity index (χ1v) is 11.6. The SMILES string of the molecule is CCn1c(C(C)NC(=O)C2CCN(c3ccc4cccc(O)c4n3)CC2)nc2ccccc21. The maximum atomic E-state index is 13.0. The van der Waals surface area contributed by atoms with Gasteiger partial charge in [-0.15, -0.1) is 0 Å². The number of nitrogens with zero attached hydrogens (tertiary/aromatic N) is 4. The third-order valence-corrected chi connectivity index (χ3v) is 6.62. The molecule has 1 fully saturated rings. The second-order valence-corrected chi connectivity index (χ2v) is 8.71. The van der Waals surface area contributed by atoms with Crippen LogP contribution in [0.2, 0.25) is 0 Å². The molecule has 1 unspecified atom stereocenters. The van der Waals surface area contributed by atoms with Gasteiger partial charge in [-0.1, -0.05) is 24.3 Å². The second-order valence-electron chi connectivity index (χ2n) is 8.71. The molecule has 0 spiro atoms. The van der Waals surface area contributed by atoms with Gasteiger partial charge >= 0.3 is 0 Å². The van der Waals surface area contributed by atoms with Gasteiger partial charge in [0.1, 0.15) is 22.9 Å². The zero-order chi connectivity index (χ0) is 22.9. The highest BCUT2D eigenvalue weighted by Crippen LogP contribution is 2.28. The van der Waals surface area contributed by atoms with Crippen LogP contribution in [0.15, 0.2) is 54.6 Å². The van der Waals surface area contributed by atoms with Gasteiger partial charge in [-0.25, -0.2) is 9.97 Å². The summed E-state index contributed by atoms with van der Waals surface area (Å²) in [4.78, 5) is 24.7. The number of aromatic nitrogens is 3. The number of amides is 1. The Morgan fingerprint density at radius 3 is 2.67 bits per heavy atom. The molecule has 1 aliphatic rings. The minimum atomic E-state index is -0.159. The van der Waals surface area contributed by atoms with E-state index in [1.807, 2.05) is 49.4 Å². The monoisotopic (exact) mass is 443 g/mol. The number of phenolic OH excluding ortho intramolecular Hbond substituents is 1. The summed E-state index contributed by atoms with van der Waals surface area (Å²) < 4.78 is 2.17. The Bertz CT molecular complexity index is 1310. The van der Waals surface area contributed by atoms with Crippen LogP contribution in [-0.2, 0) is 11.3 Å². The van der Waals surface area contributed by atoms with Gasteiger partial charge in [0.25, 0.3) is 0 Å². The molecule has 0 saturated carbocycles. The number of fused-ring (bicyclic) bond motifs is 2. The quantitative estimate of drug-likeness (QED) is 0.478. The Balaban J connectivity index is 1.24.